The van der Waals surface area contributed by atoms with Gasteiger partial charge < -0.3 is 10.6 Å². The van der Waals surface area contributed by atoms with Crippen molar-refractivity contribution >= 4 is 23.1 Å². The van der Waals surface area contributed by atoms with Crippen LogP contribution in [-0.2, 0) is 6.42 Å². The van der Waals surface area contributed by atoms with Crippen molar-refractivity contribution in [2.24, 2.45) is 0 Å². The molecule has 0 bridgehead atoms. The van der Waals surface area contributed by atoms with Crippen molar-refractivity contribution in [1.82, 2.24) is 15.1 Å². The highest BCUT2D eigenvalue weighted by atomic mass is 32.1. The van der Waals surface area contributed by atoms with Crippen LogP contribution in [0.3, 0.4) is 0 Å². The first-order chi connectivity index (χ1) is 11.3. The van der Waals surface area contributed by atoms with Gasteiger partial charge in [0.05, 0.1) is 10.6 Å². The van der Waals surface area contributed by atoms with Crippen LogP contribution in [0.15, 0.2) is 54.0 Å². The molecule has 0 saturated heterocycles. The van der Waals surface area contributed by atoms with Gasteiger partial charge in [0.15, 0.2) is 5.82 Å². The molecule has 2 heterocycles. The van der Waals surface area contributed by atoms with Crippen LogP contribution in [0.2, 0.25) is 0 Å². The first-order valence-corrected chi connectivity index (χ1v) is 8.29. The largest absolute Gasteiger partial charge is 0.319 e. The topological polar surface area (TPSA) is 59.0 Å². The van der Waals surface area contributed by atoms with E-state index in [1.54, 1.807) is 4.68 Å². The van der Waals surface area contributed by atoms with Crippen molar-refractivity contribution in [2.75, 3.05) is 18.9 Å². The van der Waals surface area contributed by atoms with Gasteiger partial charge in [-0.15, -0.1) is 16.4 Å². The van der Waals surface area contributed by atoms with Gasteiger partial charge in [-0.1, -0.05) is 24.3 Å². The number of amides is 1. The summed E-state index contributed by atoms with van der Waals surface area (Å²) in [6, 6.07) is 13.5. The summed E-state index contributed by atoms with van der Waals surface area (Å²) in [5, 5.41) is 12.5. The third kappa shape index (κ3) is 3.67. The quantitative estimate of drug-likeness (QED) is 0.732. The number of likely N-dealkylation sites (N-methyl/N-ethyl adjacent to an activating group) is 1. The predicted molar refractivity (Wildman–Crippen MR) is 93.5 cm³/mol. The number of carbonyl (C=O) groups excluding carboxylic acids is 1. The molecule has 3 rings (SSSR count). The van der Waals surface area contributed by atoms with E-state index >= 15 is 0 Å². The van der Waals surface area contributed by atoms with Crippen molar-refractivity contribution in [2.45, 2.75) is 6.42 Å². The zero-order valence-corrected chi connectivity index (χ0v) is 13.6. The van der Waals surface area contributed by atoms with Crippen LogP contribution < -0.4 is 10.6 Å². The van der Waals surface area contributed by atoms with Crippen molar-refractivity contribution in [3.63, 3.8) is 0 Å². The molecule has 1 aromatic carbocycles. The molecule has 0 aliphatic heterocycles. The second kappa shape index (κ2) is 7.21. The molecule has 0 aliphatic rings. The molecule has 3 aromatic rings. The maximum atomic E-state index is 12.3. The summed E-state index contributed by atoms with van der Waals surface area (Å²) in [5.74, 6) is 0.492. The van der Waals surface area contributed by atoms with Crippen LogP contribution >= 0.6 is 11.3 Å². The number of aromatic nitrogens is 2. The molecule has 0 saturated carbocycles. The van der Waals surface area contributed by atoms with Gasteiger partial charge in [0, 0.05) is 11.8 Å². The van der Waals surface area contributed by atoms with E-state index in [-0.39, 0.29) is 5.91 Å². The molecule has 0 aliphatic carbocycles. The molecule has 0 fully saturated rings. The van der Waals surface area contributed by atoms with Gasteiger partial charge in [0.25, 0.3) is 5.91 Å². The van der Waals surface area contributed by atoms with Gasteiger partial charge in [-0.05, 0) is 43.6 Å². The Morgan fingerprint density at radius 2 is 2.04 bits per heavy atom. The maximum absolute atomic E-state index is 12.3. The van der Waals surface area contributed by atoms with Crippen LogP contribution in [0, 0.1) is 0 Å². The number of hydrogen-bond donors (Lipinski definition) is 2. The minimum absolute atomic E-state index is 0.121. The fourth-order valence-corrected chi connectivity index (χ4v) is 2.87. The summed E-state index contributed by atoms with van der Waals surface area (Å²) >= 11 is 1.42. The molecule has 0 atom stereocenters. The van der Waals surface area contributed by atoms with Crippen LogP contribution in [0.4, 0.5) is 5.82 Å². The Labute approximate surface area is 139 Å². The maximum Gasteiger partial charge on any atom is 0.266 e. The Hall–Kier alpha value is -2.44. The van der Waals surface area contributed by atoms with Crippen LogP contribution in [0.25, 0.3) is 5.69 Å². The van der Waals surface area contributed by atoms with Gasteiger partial charge in [-0.2, -0.15) is 0 Å². The Kier molecular flexibility index (Phi) is 4.85. The lowest BCUT2D eigenvalue weighted by molar-refractivity contribution is 0.103. The van der Waals surface area contributed by atoms with Gasteiger partial charge >= 0.3 is 0 Å². The number of rotatable bonds is 6. The fraction of sp³-hybridized carbons (Fsp3) is 0.176. The molecule has 6 heteroatoms. The molecule has 1 amide bonds. The van der Waals surface area contributed by atoms with E-state index < -0.39 is 0 Å². The van der Waals surface area contributed by atoms with Gasteiger partial charge in [-0.3, -0.25) is 4.79 Å². The molecule has 0 unspecified atom stereocenters. The first kappa shape index (κ1) is 15.5. The van der Waals surface area contributed by atoms with Gasteiger partial charge in [-0.25, -0.2) is 4.68 Å². The van der Waals surface area contributed by atoms with Gasteiger partial charge in [0.1, 0.15) is 0 Å². The Balaban J connectivity index is 1.87. The summed E-state index contributed by atoms with van der Waals surface area (Å²) in [7, 11) is 1.91. The minimum Gasteiger partial charge on any atom is -0.319 e. The number of benzene rings is 1. The second-order valence-corrected chi connectivity index (χ2v) is 6.02. The lowest BCUT2D eigenvalue weighted by atomic mass is 10.2. The van der Waals surface area contributed by atoms with Crippen LogP contribution in [0.1, 0.15) is 15.2 Å². The highest BCUT2D eigenvalue weighted by Gasteiger charge is 2.14. The molecule has 23 heavy (non-hydrogen) atoms. The molecular weight excluding hydrogens is 308 g/mol. The van der Waals surface area contributed by atoms with Crippen molar-refractivity contribution in [1.29, 1.82) is 0 Å². The summed E-state index contributed by atoms with van der Waals surface area (Å²) in [5.41, 5.74) is 1.97. The van der Waals surface area contributed by atoms with Crippen molar-refractivity contribution in [3.8, 4) is 5.69 Å². The highest BCUT2D eigenvalue weighted by molar-refractivity contribution is 7.12. The molecule has 2 aromatic heterocycles. The monoisotopic (exact) mass is 326 g/mol. The molecule has 0 radical (unpaired) electrons. The Morgan fingerprint density at radius 1 is 1.22 bits per heavy atom. The van der Waals surface area contributed by atoms with E-state index in [1.165, 1.54) is 11.3 Å². The number of para-hydroxylation sites is 1. The summed E-state index contributed by atoms with van der Waals surface area (Å²) in [6.07, 6.45) is 2.76. The standard InChI is InChI=1S/C17H18N4OS/c1-18-10-9-13-12-21(14-6-3-2-4-7-14)20-16(13)19-17(22)15-8-5-11-23-15/h2-8,11-12,18H,9-10H2,1H3,(H,19,20,22). The third-order valence-corrected chi connectivity index (χ3v) is 4.30. The van der Waals surface area contributed by atoms with Crippen LogP contribution in [0.5, 0.6) is 0 Å². The highest BCUT2D eigenvalue weighted by Crippen LogP contribution is 2.19. The molecule has 118 valence electrons. The summed E-state index contributed by atoms with van der Waals surface area (Å²) in [4.78, 5) is 13.0. The van der Waals surface area contributed by atoms with Crippen molar-refractivity contribution < 1.29 is 4.79 Å². The van der Waals surface area contributed by atoms with E-state index in [1.807, 2.05) is 61.1 Å². The SMILES string of the molecule is CNCCc1cn(-c2ccccc2)nc1NC(=O)c1cccs1. The number of hydrogen-bond acceptors (Lipinski definition) is 4. The van der Waals surface area contributed by atoms with E-state index in [9.17, 15) is 4.79 Å². The number of nitrogens with one attached hydrogen (secondary N) is 2. The van der Waals surface area contributed by atoms with E-state index in [0.29, 0.717) is 10.7 Å². The smallest absolute Gasteiger partial charge is 0.266 e. The lowest BCUT2D eigenvalue weighted by Crippen LogP contribution is -2.14. The molecule has 2 N–H and O–H groups in total. The zero-order chi connectivity index (χ0) is 16.1. The average Bonchev–Trinajstić information content (AvgIpc) is 3.24. The number of carbonyl (C=O) groups is 1. The zero-order valence-electron chi connectivity index (χ0n) is 12.8. The predicted octanol–water partition coefficient (Wildman–Crippen LogP) is 2.95. The lowest BCUT2D eigenvalue weighted by Gasteiger charge is -2.03. The Morgan fingerprint density at radius 3 is 2.74 bits per heavy atom. The van der Waals surface area contributed by atoms with Gasteiger partial charge in [0.2, 0.25) is 0 Å². The fourth-order valence-electron chi connectivity index (χ4n) is 2.25. The molecule has 5 nitrogen and oxygen atoms in total. The Bertz CT molecular complexity index is 765. The average molecular weight is 326 g/mol. The molecular formula is C17H18N4OS. The number of anilines is 1. The summed E-state index contributed by atoms with van der Waals surface area (Å²) in [6.45, 7) is 0.822. The second-order valence-electron chi connectivity index (χ2n) is 5.07. The molecule has 0 spiro atoms. The van der Waals surface area contributed by atoms with E-state index in [0.717, 1.165) is 24.2 Å². The third-order valence-electron chi connectivity index (χ3n) is 3.43. The van der Waals surface area contributed by atoms with E-state index in [4.69, 9.17) is 0 Å². The van der Waals surface area contributed by atoms with E-state index in [2.05, 4.69) is 15.7 Å². The normalized spacial score (nSPS) is 10.7. The van der Waals surface area contributed by atoms with Crippen molar-refractivity contribution in [3.05, 3.63) is 64.5 Å². The van der Waals surface area contributed by atoms with Crippen LogP contribution in [-0.4, -0.2) is 29.3 Å². The summed E-state index contributed by atoms with van der Waals surface area (Å²) < 4.78 is 1.80. The number of nitrogens with zero attached hydrogens (tertiary/aromatic N) is 2. The number of thiophene rings is 1. The first-order valence-electron chi connectivity index (χ1n) is 7.41. The minimum atomic E-state index is -0.121.